The molecular formula is C16H22ClNO3. The Labute approximate surface area is 131 Å². The lowest BCUT2D eigenvalue weighted by atomic mass is 9.99. The van der Waals surface area contributed by atoms with E-state index in [1.807, 2.05) is 30.3 Å². The Kier molecular flexibility index (Phi) is 5.62. The van der Waals surface area contributed by atoms with Crippen LogP contribution >= 0.6 is 12.4 Å². The average Bonchev–Trinajstić information content (AvgIpc) is 2.80. The molecule has 0 radical (unpaired) electrons. The van der Waals surface area contributed by atoms with Crippen LogP contribution in [0.1, 0.15) is 37.2 Å². The Morgan fingerprint density at radius 3 is 2.43 bits per heavy atom. The normalized spacial score (nSPS) is 28.5. The summed E-state index contributed by atoms with van der Waals surface area (Å²) < 4.78 is 5.64. The number of piperidine rings is 1. The molecule has 2 heterocycles. The standard InChI is InChI=1S/C16H21NO3.ClH/c18-10-15(11-4-2-1-3-5-11)16(19)20-14-8-12-6-7-13(9-14)17-12;/h1-5,12-15,17-18H,6-10H2;1H. The van der Waals surface area contributed by atoms with E-state index in [1.165, 1.54) is 12.8 Å². The number of ether oxygens (including phenoxy) is 1. The lowest BCUT2D eigenvalue weighted by molar-refractivity contribution is -0.153. The number of aliphatic hydroxyl groups excluding tert-OH is 1. The Bertz CT molecular complexity index is 456. The quantitative estimate of drug-likeness (QED) is 0.835. The molecule has 2 aliphatic heterocycles. The zero-order chi connectivity index (χ0) is 13.9. The Morgan fingerprint density at radius 2 is 1.86 bits per heavy atom. The van der Waals surface area contributed by atoms with Crippen molar-refractivity contribution in [2.75, 3.05) is 6.61 Å². The van der Waals surface area contributed by atoms with Gasteiger partial charge in [-0.05, 0) is 31.2 Å². The molecule has 0 spiro atoms. The van der Waals surface area contributed by atoms with Gasteiger partial charge in [0.25, 0.3) is 0 Å². The second kappa shape index (κ2) is 7.25. The van der Waals surface area contributed by atoms with Crippen molar-refractivity contribution in [1.82, 2.24) is 5.32 Å². The number of nitrogens with one attached hydrogen (secondary N) is 1. The minimum absolute atomic E-state index is 0. The predicted octanol–water partition coefficient (Wildman–Crippen LogP) is 2.01. The van der Waals surface area contributed by atoms with Crippen LogP contribution in [-0.4, -0.2) is 35.9 Å². The van der Waals surface area contributed by atoms with E-state index in [-0.39, 0.29) is 31.1 Å². The van der Waals surface area contributed by atoms with Crippen LogP contribution in [0.4, 0.5) is 0 Å². The van der Waals surface area contributed by atoms with E-state index in [1.54, 1.807) is 0 Å². The maximum absolute atomic E-state index is 12.3. The van der Waals surface area contributed by atoms with Crippen molar-refractivity contribution in [3.8, 4) is 0 Å². The number of esters is 1. The van der Waals surface area contributed by atoms with Crippen molar-refractivity contribution < 1.29 is 14.6 Å². The molecule has 1 aromatic rings. The lowest BCUT2D eigenvalue weighted by Crippen LogP contribution is -2.42. The minimum atomic E-state index is -0.566. The molecule has 3 atom stereocenters. The Hall–Kier alpha value is -1.10. The first-order valence-electron chi connectivity index (χ1n) is 7.38. The molecule has 0 amide bonds. The first kappa shape index (κ1) is 16.3. The van der Waals surface area contributed by atoms with Gasteiger partial charge in [-0.2, -0.15) is 0 Å². The third-order valence-corrected chi connectivity index (χ3v) is 4.38. The first-order valence-corrected chi connectivity index (χ1v) is 7.38. The maximum Gasteiger partial charge on any atom is 0.316 e. The number of fused-ring (bicyclic) bond motifs is 2. The van der Waals surface area contributed by atoms with Gasteiger partial charge in [-0.15, -0.1) is 12.4 Å². The number of hydrogen-bond acceptors (Lipinski definition) is 4. The number of carbonyl (C=O) groups is 1. The molecule has 0 aliphatic carbocycles. The van der Waals surface area contributed by atoms with E-state index in [4.69, 9.17) is 4.74 Å². The molecule has 2 aliphatic rings. The second-order valence-electron chi connectivity index (χ2n) is 5.81. The van der Waals surface area contributed by atoms with Crippen LogP contribution < -0.4 is 5.32 Å². The molecule has 0 saturated carbocycles. The van der Waals surface area contributed by atoms with Gasteiger partial charge >= 0.3 is 5.97 Å². The number of halogens is 1. The van der Waals surface area contributed by atoms with Crippen LogP contribution in [-0.2, 0) is 9.53 Å². The molecule has 2 N–H and O–H groups in total. The first-order chi connectivity index (χ1) is 9.76. The molecule has 4 nitrogen and oxygen atoms in total. The number of carbonyl (C=O) groups excluding carboxylic acids is 1. The van der Waals surface area contributed by atoms with Gasteiger partial charge in [-0.3, -0.25) is 4.79 Å². The highest BCUT2D eigenvalue weighted by molar-refractivity contribution is 5.85. The second-order valence-corrected chi connectivity index (χ2v) is 5.81. The van der Waals surface area contributed by atoms with Crippen molar-refractivity contribution in [2.45, 2.75) is 49.8 Å². The van der Waals surface area contributed by atoms with Gasteiger partial charge in [0.15, 0.2) is 0 Å². The lowest BCUT2D eigenvalue weighted by Gasteiger charge is -2.29. The summed E-state index contributed by atoms with van der Waals surface area (Å²) in [5, 5.41) is 13.0. The summed E-state index contributed by atoms with van der Waals surface area (Å²) in [6, 6.07) is 10.3. The fourth-order valence-corrected chi connectivity index (χ4v) is 3.35. The van der Waals surface area contributed by atoms with Crippen LogP contribution in [0, 0.1) is 0 Å². The van der Waals surface area contributed by atoms with Crippen molar-refractivity contribution >= 4 is 18.4 Å². The summed E-state index contributed by atoms with van der Waals surface area (Å²) in [6.45, 7) is -0.208. The van der Waals surface area contributed by atoms with Gasteiger partial charge in [0.1, 0.15) is 12.0 Å². The number of hydrogen-bond donors (Lipinski definition) is 2. The molecule has 116 valence electrons. The number of aliphatic hydroxyl groups is 1. The summed E-state index contributed by atoms with van der Waals surface area (Å²) in [7, 11) is 0. The van der Waals surface area contributed by atoms with Crippen LogP contribution in [0.25, 0.3) is 0 Å². The smallest absolute Gasteiger partial charge is 0.316 e. The van der Waals surface area contributed by atoms with Crippen LogP contribution in [0.2, 0.25) is 0 Å². The van der Waals surface area contributed by atoms with Crippen molar-refractivity contribution in [1.29, 1.82) is 0 Å². The number of rotatable bonds is 4. The molecule has 5 heteroatoms. The third-order valence-electron chi connectivity index (χ3n) is 4.38. The molecule has 21 heavy (non-hydrogen) atoms. The summed E-state index contributed by atoms with van der Waals surface area (Å²) in [5.74, 6) is -0.867. The van der Waals surface area contributed by atoms with E-state index in [9.17, 15) is 9.90 Å². The third kappa shape index (κ3) is 3.76. The topological polar surface area (TPSA) is 58.6 Å². The van der Waals surface area contributed by atoms with Gasteiger partial charge in [0, 0.05) is 12.1 Å². The van der Waals surface area contributed by atoms with Crippen molar-refractivity contribution in [3.05, 3.63) is 35.9 Å². The van der Waals surface area contributed by atoms with Gasteiger partial charge in [0.05, 0.1) is 6.61 Å². The Morgan fingerprint density at radius 1 is 1.24 bits per heavy atom. The molecule has 2 saturated heterocycles. The van der Waals surface area contributed by atoms with Crippen LogP contribution in [0.3, 0.4) is 0 Å². The fraction of sp³-hybridized carbons (Fsp3) is 0.562. The highest BCUT2D eigenvalue weighted by atomic mass is 35.5. The van der Waals surface area contributed by atoms with E-state index < -0.39 is 5.92 Å². The molecule has 1 aromatic carbocycles. The molecular weight excluding hydrogens is 290 g/mol. The molecule has 2 bridgehead atoms. The zero-order valence-electron chi connectivity index (χ0n) is 11.9. The SMILES string of the molecule is Cl.O=C(OC1CC2CCC(C1)N2)C(CO)c1ccccc1. The molecule has 3 rings (SSSR count). The minimum Gasteiger partial charge on any atom is -0.462 e. The Balaban J connectivity index is 0.00000161. The largest absolute Gasteiger partial charge is 0.462 e. The maximum atomic E-state index is 12.3. The summed E-state index contributed by atoms with van der Waals surface area (Å²) in [5.41, 5.74) is 0.817. The van der Waals surface area contributed by atoms with E-state index in [0.717, 1.165) is 18.4 Å². The van der Waals surface area contributed by atoms with Crippen LogP contribution in [0.15, 0.2) is 30.3 Å². The highest BCUT2D eigenvalue weighted by Gasteiger charge is 2.36. The van der Waals surface area contributed by atoms with E-state index in [0.29, 0.717) is 12.1 Å². The average molecular weight is 312 g/mol. The van der Waals surface area contributed by atoms with Gasteiger partial charge in [0.2, 0.25) is 0 Å². The summed E-state index contributed by atoms with van der Waals surface area (Å²) in [6.07, 6.45) is 4.16. The molecule has 0 aromatic heterocycles. The fourth-order valence-electron chi connectivity index (χ4n) is 3.35. The molecule has 3 unspecified atom stereocenters. The highest BCUT2D eigenvalue weighted by Crippen LogP contribution is 2.29. The van der Waals surface area contributed by atoms with Gasteiger partial charge in [-0.1, -0.05) is 30.3 Å². The van der Waals surface area contributed by atoms with Crippen molar-refractivity contribution in [2.24, 2.45) is 0 Å². The van der Waals surface area contributed by atoms with Crippen molar-refractivity contribution in [3.63, 3.8) is 0 Å². The van der Waals surface area contributed by atoms with Gasteiger partial charge < -0.3 is 15.2 Å². The van der Waals surface area contributed by atoms with E-state index in [2.05, 4.69) is 5.32 Å². The molecule has 2 fully saturated rings. The number of benzene rings is 1. The summed E-state index contributed by atoms with van der Waals surface area (Å²) >= 11 is 0. The van der Waals surface area contributed by atoms with Gasteiger partial charge in [-0.25, -0.2) is 0 Å². The summed E-state index contributed by atoms with van der Waals surface area (Å²) in [4.78, 5) is 12.3. The van der Waals surface area contributed by atoms with Crippen LogP contribution in [0.5, 0.6) is 0 Å². The zero-order valence-corrected chi connectivity index (χ0v) is 12.7. The monoisotopic (exact) mass is 311 g/mol. The predicted molar refractivity (Wildman–Crippen MR) is 82.6 cm³/mol. The van der Waals surface area contributed by atoms with E-state index >= 15 is 0 Å².